The molecule has 1 fully saturated rings. The van der Waals surface area contributed by atoms with Crippen molar-refractivity contribution in [3.05, 3.63) is 0 Å². The minimum Gasteiger partial charge on any atom is -0.392 e. The van der Waals surface area contributed by atoms with Crippen molar-refractivity contribution in [2.24, 2.45) is 5.73 Å². The molecule has 0 aromatic rings. The van der Waals surface area contributed by atoms with Crippen LogP contribution in [0, 0.1) is 0 Å². The first kappa shape index (κ1) is 18.4. The lowest BCUT2D eigenvalue weighted by atomic mass is 10.1. The molecule has 0 radical (unpaired) electrons. The Balaban J connectivity index is 2.04. The van der Waals surface area contributed by atoms with Gasteiger partial charge in [0.05, 0.1) is 4.99 Å². The summed E-state index contributed by atoms with van der Waals surface area (Å²) in [5.41, 5.74) is 5.55. The van der Waals surface area contributed by atoms with Gasteiger partial charge in [0.1, 0.15) is 0 Å². The Kier molecular flexibility index (Phi) is 9.59. The summed E-state index contributed by atoms with van der Waals surface area (Å²) in [5.74, 6) is 0.318. The summed E-state index contributed by atoms with van der Waals surface area (Å²) >= 11 is 4.92. The summed E-state index contributed by atoms with van der Waals surface area (Å²) in [4.78, 5) is 16.9. The van der Waals surface area contributed by atoms with Crippen LogP contribution in [0.1, 0.15) is 58.3 Å². The maximum atomic E-state index is 12.1. The standard InChI is InChI=1S/C16H31N3OS/c1-2-3-4-5-6-7-8-9-16(20)19-12-10-18(11-13-19)14-15(17)21/h2-14H2,1H3,(H2,17,21). The van der Waals surface area contributed by atoms with Crippen LogP contribution >= 0.6 is 12.2 Å². The number of nitrogens with two attached hydrogens (primary N) is 1. The third-order valence-electron chi connectivity index (χ3n) is 4.10. The number of unbranched alkanes of at least 4 members (excludes halogenated alkanes) is 6. The lowest BCUT2D eigenvalue weighted by Gasteiger charge is -2.34. The van der Waals surface area contributed by atoms with Crippen LogP contribution in [-0.4, -0.2) is 53.4 Å². The van der Waals surface area contributed by atoms with Crippen molar-refractivity contribution >= 4 is 23.1 Å². The van der Waals surface area contributed by atoms with Crippen LogP contribution in [0.25, 0.3) is 0 Å². The van der Waals surface area contributed by atoms with E-state index in [0.29, 0.717) is 23.9 Å². The number of hydrogen-bond acceptors (Lipinski definition) is 3. The van der Waals surface area contributed by atoms with E-state index < -0.39 is 0 Å². The van der Waals surface area contributed by atoms with Crippen molar-refractivity contribution in [3.63, 3.8) is 0 Å². The predicted molar refractivity (Wildman–Crippen MR) is 92.4 cm³/mol. The second-order valence-corrected chi connectivity index (χ2v) is 6.52. The van der Waals surface area contributed by atoms with E-state index in [9.17, 15) is 4.79 Å². The Morgan fingerprint density at radius 3 is 2.14 bits per heavy atom. The van der Waals surface area contributed by atoms with E-state index in [-0.39, 0.29) is 0 Å². The maximum absolute atomic E-state index is 12.1. The van der Waals surface area contributed by atoms with Crippen LogP contribution in [0.15, 0.2) is 0 Å². The fraction of sp³-hybridized carbons (Fsp3) is 0.875. The Labute approximate surface area is 135 Å². The van der Waals surface area contributed by atoms with E-state index >= 15 is 0 Å². The number of thiocarbonyl (C=S) groups is 1. The van der Waals surface area contributed by atoms with Crippen LogP contribution in [0.5, 0.6) is 0 Å². The Morgan fingerprint density at radius 1 is 1.00 bits per heavy atom. The monoisotopic (exact) mass is 313 g/mol. The quantitative estimate of drug-likeness (QED) is 0.497. The highest BCUT2D eigenvalue weighted by atomic mass is 32.1. The summed E-state index contributed by atoms with van der Waals surface area (Å²) in [7, 11) is 0. The number of rotatable bonds is 10. The molecule has 0 unspecified atom stereocenters. The molecule has 4 nitrogen and oxygen atoms in total. The second-order valence-electron chi connectivity index (χ2n) is 5.99. The number of carbonyl (C=O) groups is 1. The van der Waals surface area contributed by atoms with Crippen molar-refractivity contribution in [1.29, 1.82) is 0 Å². The van der Waals surface area contributed by atoms with Crippen molar-refractivity contribution in [1.82, 2.24) is 9.80 Å². The number of piperazine rings is 1. The van der Waals surface area contributed by atoms with Gasteiger partial charge in [-0.2, -0.15) is 0 Å². The molecule has 0 atom stereocenters. The fourth-order valence-corrected chi connectivity index (χ4v) is 2.95. The summed E-state index contributed by atoms with van der Waals surface area (Å²) in [6.07, 6.45) is 9.51. The lowest BCUT2D eigenvalue weighted by molar-refractivity contribution is -0.132. The van der Waals surface area contributed by atoms with Gasteiger partial charge in [0.25, 0.3) is 0 Å². The van der Waals surface area contributed by atoms with E-state index in [1.165, 1.54) is 38.5 Å². The Morgan fingerprint density at radius 2 is 1.57 bits per heavy atom. The number of nitrogens with zero attached hydrogens (tertiary/aromatic N) is 2. The van der Waals surface area contributed by atoms with Crippen molar-refractivity contribution < 1.29 is 4.79 Å². The molecule has 1 saturated heterocycles. The minimum absolute atomic E-state index is 0.318. The van der Waals surface area contributed by atoms with Gasteiger partial charge in [0.15, 0.2) is 0 Å². The average Bonchev–Trinajstić information content (AvgIpc) is 2.46. The Bertz CT molecular complexity index is 315. The maximum Gasteiger partial charge on any atom is 0.222 e. The van der Waals surface area contributed by atoms with Gasteiger partial charge in [-0.3, -0.25) is 9.69 Å². The normalized spacial score (nSPS) is 16.1. The molecule has 1 amide bonds. The third kappa shape index (κ3) is 8.37. The number of amides is 1. The van der Waals surface area contributed by atoms with Crippen molar-refractivity contribution in [3.8, 4) is 0 Å². The van der Waals surface area contributed by atoms with Gasteiger partial charge in [-0.25, -0.2) is 0 Å². The molecule has 0 aromatic heterocycles. The molecule has 1 aliphatic heterocycles. The topological polar surface area (TPSA) is 49.6 Å². The SMILES string of the molecule is CCCCCCCCCC(=O)N1CCN(CC(N)=S)CC1. The Hall–Kier alpha value is -0.680. The average molecular weight is 314 g/mol. The summed E-state index contributed by atoms with van der Waals surface area (Å²) in [6, 6.07) is 0. The number of carbonyl (C=O) groups excluding carboxylic acids is 1. The highest BCUT2D eigenvalue weighted by Crippen LogP contribution is 2.10. The van der Waals surface area contributed by atoms with Gasteiger partial charge < -0.3 is 10.6 Å². The fourth-order valence-electron chi connectivity index (χ4n) is 2.77. The molecule has 0 bridgehead atoms. The molecule has 21 heavy (non-hydrogen) atoms. The third-order valence-corrected chi connectivity index (χ3v) is 4.23. The number of hydrogen-bond donors (Lipinski definition) is 1. The van der Waals surface area contributed by atoms with Crippen LogP contribution < -0.4 is 5.73 Å². The summed E-state index contributed by atoms with van der Waals surface area (Å²) in [5, 5.41) is 0. The molecule has 5 heteroatoms. The smallest absolute Gasteiger partial charge is 0.222 e. The molecule has 0 aromatic carbocycles. The van der Waals surface area contributed by atoms with E-state index in [4.69, 9.17) is 18.0 Å². The molecule has 122 valence electrons. The van der Waals surface area contributed by atoms with Gasteiger partial charge >= 0.3 is 0 Å². The zero-order valence-corrected chi connectivity index (χ0v) is 14.3. The van der Waals surface area contributed by atoms with Crippen LogP contribution in [0.4, 0.5) is 0 Å². The van der Waals surface area contributed by atoms with Crippen molar-refractivity contribution in [2.75, 3.05) is 32.7 Å². The minimum atomic E-state index is 0.318. The second kappa shape index (κ2) is 11.0. The van der Waals surface area contributed by atoms with E-state index in [2.05, 4.69) is 11.8 Å². The van der Waals surface area contributed by atoms with E-state index in [1.54, 1.807) is 0 Å². The summed E-state index contributed by atoms with van der Waals surface area (Å²) < 4.78 is 0. The van der Waals surface area contributed by atoms with E-state index in [0.717, 1.165) is 32.6 Å². The van der Waals surface area contributed by atoms with Crippen molar-refractivity contribution in [2.45, 2.75) is 58.3 Å². The van der Waals surface area contributed by atoms with Gasteiger partial charge in [0, 0.05) is 39.1 Å². The molecular weight excluding hydrogens is 282 g/mol. The molecule has 0 aliphatic carbocycles. The highest BCUT2D eigenvalue weighted by Gasteiger charge is 2.20. The molecule has 1 heterocycles. The first-order chi connectivity index (χ1) is 10.1. The molecule has 1 rings (SSSR count). The van der Waals surface area contributed by atoms with Gasteiger partial charge in [-0.1, -0.05) is 57.7 Å². The first-order valence-electron chi connectivity index (χ1n) is 8.42. The van der Waals surface area contributed by atoms with Crippen LogP contribution in [0.3, 0.4) is 0 Å². The molecular formula is C16H31N3OS. The van der Waals surface area contributed by atoms with Gasteiger partial charge in [-0.05, 0) is 6.42 Å². The van der Waals surface area contributed by atoms with Crippen LogP contribution in [0.2, 0.25) is 0 Å². The van der Waals surface area contributed by atoms with Crippen LogP contribution in [-0.2, 0) is 4.79 Å². The largest absolute Gasteiger partial charge is 0.392 e. The zero-order valence-electron chi connectivity index (χ0n) is 13.5. The molecule has 1 aliphatic rings. The van der Waals surface area contributed by atoms with Gasteiger partial charge in [-0.15, -0.1) is 0 Å². The zero-order chi connectivity index (χ0) is 15.5. The first-order valence-corrected chi connectivity index (χ1v) is 8.82. The van der Waals surface area contributed by atoms with E-state index in [1.807, 2.05) is 4.90 Å². The molecule has 0 saturated carbocycles. The molecule has 0 spiro atoms. The lowest BCUT2D eigenvalue weighted by Crippen LogP contribution is -2.50. The predicted octanol–water partition coefficient (Wildman–Crippen LogP) is 2.56. The summed E-state index contributed by atoms with van der Waals surface area (Å²) in [6.45, 7) is 6.32. The molecule has 2 N–H and O–H groups in total. The van der Waals surface area contributed by atoms with Gasteiger partial charge in [0.2, 0.25) is 5.91 Å². The highest BCUT2D eigenvalue weighted by molar-refractivity contribution is 7.80.